The normalized spacial score (nSPS) is 13.0. The smallest absolute Gasteiger partial charge is 0.194 e. The van der Waals surface area contributed by atoms with Crippen LogP contribution >= 0.6 is 11.6 Å². The molecule has 0 heterocycles. The monoisotopic (exact) mass is 210 g/mol. The highest BCUT2D eigenvalue weighted by Gasteiger charge is 2.17. The summed E-state index contributed by atoms with van der Waals surface area (Å²) in [5.41, 5.74) is -0.339. The van der Waals surface area contributed by atoms with Crippen molar-refractivity contribution in [3.8, 4) is 0 Å². The van der Waals surface area contributed by atoms with E-state index >= 15 is 0 Å². The number of benzene rings is 1. The van der Waals surface area contributed by atoms with Crippen LogP contribution in [0.15, 0.2) is 12.1 Å². The first-order chi connectivity index (χ1) is 6.07. The van der Waals surface area contributed by atoms with Crippen molar-refractivity contribution in [2.45, 2.75) is 6.10 Å². The van der Waals surface area contributed by atoms with Crippen molar-refractivity contribution in [1.29, 1.82) is 0 Å². The van der Waals surface area contributed by atoms with Crippen LogP contribution in [0, 0.1) is 17.5 Å². The van der Waals surface area contributed by atoms with Crippen molar-refractivity contribution in [2.75, 3.05) is 5.88 Å². The van der Waals surface area contributed by atoms with Crippen LogP contribution < -0.4 is 0 Å². The van der Waals surface area contributed by atoms with Crippen molar-refractivity contribution in [3.05, 3.63) is 35.1 Å². The fourth-order valence-electron chi connectivity index (χ4n) is 0.881. The van der Waals surface area contributed by atoms with Gasteiger partial charge in [0.15, 0.2) is 17.5 Å². The second-order valence-corrected chi connectivity index (χ2v) is 2.74. The third kappa shape index (κ3) is 1.95. The average molecular weight is 211 g/mol. The van der Waals surface area contributed by atoms with Gasteiger partial charge in [-0.05, 0) is 6.07 Å². The molecule has 13 heavy (non-hydrogen) atoms. The maximum Gasteiger partial charge on any atom is 0.194 e. The Morgan fingerprint density at radius 3 is 2.38 bits per heavy atom. The van der Waals surface area contributed by atoms with Gasteiger partial charge in [0.05, 0.1) is 12.0 Å². The lowest BCUT2D eigenvalue weighted by atomic mass is 10.1. The molecule has 0 aromatic heterocycles. The largest absolute Gasteiger partial charge is 0.387 e. The van der Waals surface area contributed by atoms with Crippen LogP contribution in [-0.4, -0.2) is 11.0 Å². The molecule has 1 rings (SSSR count). The second-order valence-electron chi connectivity index (χ2n) is 2.43. The zero-order valence-corrected chi connectivity index (χ0v) is 7.15. The Morgan fingerprint density at radius 1 is 1.23 bits per heavy atom. The van der Waals surface area contributed by atoms with E-state index in [2.05, 4.69) is 0 Å². The molecule has 0 aliphatic rings. The van der Waals surface area contributed by atoms with Crippen LogP contribution in [0.3, 0.4) is 0 Å². The minimum atomic E-state index is -1.60. The Labute approximate surface area is 77.8 Å². The van der Waals surface area contributed by atoms with E-state index in [1.54, 1.807) is 0 Å². The van der Waals surface area contributed by atoms with Crippen molar-refractivity contribution in [3.63, 3.8) is 0 Å². The topological polar surface area (TPSA) is 20.2 Å². The van der Waals surface area contributed by atoms with Gasteiger partial charge < -0.3 is 5.11 Å². The van der Waals surface area contributed by atoms with Crippen molar-refractivity contribution < 1.29 is 18.3 Å². The predicted molar refractivity (Wildman–Crippen MR) is 42.0 cm³/mol. The van der Waals surface area contributed by atoms with Crippen molar-refractivity contribution >= 4 is 11.6 Å². The Bertz CT molecular complexity index is 317. The zero-order chi connectivity index (χ0) is 10.0. The van der Waals surface area contributed by atoms with E-state index in [0.29, 0.717) is 0 Å². The minimum Gasteiger partial charge on any atom is -0.387 e. The fraction of sp³-hybridized carbons (Fsp3) is 0.250. The Morgan fingerprint density at radius 2 is 1.85 bits per heavy atom. The molecule has 0 saturated carbocycles. The van der Waals surface area contributed by atoms with E-state index in [1.165, 1.54) is 0 Å². The van der Waals surface area contributed by atoms with Crippen LogP contribution in [0.4, 0.5) is 13.2 Å². The summed E-state index contributed by atoms with van der Waals surface area (Å²) in [6.07, 6.45) is -1.32. The van der Waals surface area contributed by atoms with E-state index in [9.17, 15) is 13.2 Å². The molecule has 1 aromatic carbocycles. The summed E-state index contributed by atoms with van der Waals surface area (Å²) in [6.45, 7) is 0. The van der Waals surface area contributed by atoms with Gasteiger partial charge in [-0.25, -0.2) is 13.2 Å². The molecule has 0 aliphatic heterocycles. The summed E-state index contributed by atoms with van der Waals surface area (Å²) in [5.74, 6) is -4.56. The van der Waals surface area contributed by atoms with E-state index in [-0.39, 0.29) is 11.4 Å². The standard InChI is InChI=1S/C8H6ClF3O/c9-3-6(13)4-1-2-5(10)8(12)7(4)11/h1-2,6,13H,3H2. The summed E-state index contributed by atoms with van der Waals surface area (Å²) in [5, 5.41) is 9.06. The van der Waals surface area contributed by atoms with Crippen LogP contribution in [0.25, 0.3) is 0 Å². The Balaban J connectivity index is 3.18. The molecule has 1 aromatic rings. The number of alkyl halides is 1. The molecule has 0 amide bonds. The summed E-state index contributed by atoms with van der Waals surface area (Å²) >= 11 is 5.22. The highest BCUT2D eigenvalue weighted by Crippen LogP contribution is 2.21. The maximum absolute atomic E-state index is 12.9. The van der Waals surface area contributed by atoms with E-state index < -0.39 is 23.6 Å². The van der Waals surface area contributed by atoms with Crippen LogP contribution in [-0.2, 0) is 0 Å². The summed E-state index contributed by atoms with van der Waals surface area (Å²) in [6, 6.07) is 1.70. The Hall–Kier alpha value is -0.740. The molecule has 0 aliphatic carbocycles. The highest BCUT2D eigenvalue weighted by atomic mass is 35.5. The molecular formula is C8H6ClF3O. The highest BCUT2D eigenvalue weighted by molar-refractivity contribution is 6.18. The molecule has 0 spiro atoms. The van der Waals surface area contributed by atoms with Crippen LogP contribution in [0.1, 0.15) is 11.7 Å². The molecular weight excluding hydrogens is 205 g/mol. The molecule has 0 fully saturated rings. The first kappa shape index (κ1) is 10.3. The van der Waals surface area contributed by atoms with E-state index in [1.807, 2.05) is 0 Å². The fourth-order valence-corrected chi connectivity index (χ4v) is 1.05. The van der Waals surface area contributed by atoms with Gasteiger partial charge >= 0.3 is 0 Å². The SMILES string of the molecule is OC(CCl)c1ccc(F)c(F)c1F. The number of hydrogen-bond donors (Lipinski definition) is 1. The lowest BCUT2D eigenvalue weighted by Gasteiger charge is -2.08. The summed E-state index contributed by atoms with van der Waals surface area (Å²) in [7, 11) is 0. The molecule has 0 radical (unpaired) electrons. The molecule has 72 valence electrons. The Kier molecular flexibility index (Phi) is 3.17. The summed E-state index contributed by atoms with van der Waals surface area (Å²) < 4.78 is 37.8. The van der Waals surface area contributed by atoms with Gasteiger partial charge in [0.25, 0.3) is 0 Å². The van der Waals surface area contributed by atoms with E-state index in [0.717, 1.165) is 12.1 Å². The first-order valence-electron chi connectivity index (χ1n) is 3.45. The van der Waals surface area contributed by atoms with Gasteiger partial charge in [-0.2, -0.15) is 0 Å². The van der Waals surface area contributed by atoms with Gasteiger partial charge in [0.2, 0.25) is 0 Å². The van der Waals surface area contributed by atoms with Gasteiger partial charge in [-0.15, -0.1) is 11.6 Å². The minimum absolute atomic E-state index is 0.276. The number of aliphatic hydroxyl groups is 1. The second kappa shape index (κ2) is 3.98. The lowest BCUT2D eigenvalue weighted by Crippen LogP contribution is -2.05. The average Bonchev–Trinajstić information content (AvgIpc) is 2.13. The number of halogens is 4. The third-order valence-electron chi connectivity index (χ3n) is 1.57. The maximum atomic E-state index is 12.9. The molecule has 0 bridgehead atoms. The zero-order valence-electron chi connectivity index (χ0n) is 6.40. The predicted octanol–water partition coefficient (Wildman–Crippen LogP) is 2.38. The molecule has 1 unspecified atom stereocenters. The molecule has 1 nitrogen and oxygen atoms in total. The van der Waals surface area contributed by atoms with Gasteiger partial charge in [-0.3, -0.25) is 0 Å². The van der Waals surface area contributed by atoms with Crippen LogP contribution in [0.2, 0.25) is 0 Å². The number of aliphatic hydroxyl groups excluding tert-OH is 1. The van der Waals surface area contributed by atoms with Crippen LogP contribution in [0.5, 0.6) is 0 Å². The third-order valence-corrected chi connectivity index (χ3v) is 1.86. The van der Waals surface area contributed by atoms with Gasteiger partial charge in [0, 0.05) is 5.56 Å². The molecule has 1 atom stereocenters. The quantitative estimate of drug-likeness (QED) is 0.587. The molecule has 5 heteroatoms. The number of rotatable bonds is 2. The lowest BCUT2D eigenvalue weighted by molar-refractivity contribution is 0.195. The molecule has 0 saturated heterocycles. The molecule has 1 N–H and O–H groups in total. The van der Waals surface area contributed by atoms with Crippen molar-refractivity contribution in [2.24, 2.45) is 0 Å². The van der Waals surface area contributed by atoms with Crippen molar-refractivity contribution in [1.82, 2.24) is 0 Å². The number of hydrogen-bond acceptors (Lipinski definition) is 1. The van der Waals surface area contributed by atoms with E-state index in [4.69, 9.17) is 16.7 Å². The first-order valence-corrected chi connectivity index (χ1v) is 3.98. The van der Waals surface area contributed by atoms with Gasteiger partial charge in [0.1, 0.15) is 0 Å². The van der Waals surface area contributed by atoms with Gasteiger partial charge in [-0.1, -0.05) is 6.07 Å². The summed E-state index contributed by atoms with van der Waals surface area (Å²) in [4.78, 5) is 0.